The maximum Gasteiger partial charge on any atom is 0.191 e. The molecule has 1 aromatic heterocycles. The average Bonchev–Trinajstić information content (AvgIpc) is 3.16. The van der Waals surface area contributed by atoms with E-state index in [0.717, 1.165) is 0 Å². The Morgan fingerprint density at radius 3 is 2.73 bits per heavy atom. The summed E-state index contributed by atoms with van der Waals surface area (Å²) in [4.78, 5) is 0. The zero-order valence-electron chi connectivity index (χ0n) is 14.1. The van der Waals surface area contributed by atoms with Crippen LogP contribution in [0.2, 0.25) is 0 Å². The van der Waals surface area contributed by atoms with Crippen molar-refractivity contribution in [1.82, 2.24) is 14.8 Å². The monoisotopic (exact) mass is 397 g/mol. The van der Waals surface area contributed by atoms with Crippen LogP contribution in [0.15, 0.2) is 42.1 Å². The van der Waals surface area contributed by atoms with Gasteiger partial charge in [0, 0.05) is 18.2 Å². The summed E-state index contributed by atoms with van der Waals surface area (Å²) in [7, 11) is -3.02. The molecule has 1 aliphatic rings. The highest BCUT2D eigenvalue weighted by molar-refractivity contribution is 7.99. The van der Waals surface area contributed by atoms with Gasteiger partial charge in [0.15, 0.2) is 15.0 Å². The molecule has 1 saturated heterocycles. The van der Waals surface area contributed by atoms with Crippen LogP contribution < -0.4 is 0 Å². The van der Waals surface area contributed by atoms with Crippen LogP contribution >= 0.6 is 11.8 Å². The van der Waals surface area contributed by atoms with Gasteiger partial charge in [-0.2, -0.15) is 0 Å². The first kappa shape index (κ1) is 19.1. The van der Waals surface area contributed by atoms with Gasteiger partial charge in [-0.25, -0.2) is 12.8 Å². The van der Waals surface area contributed by atoms with E-state index in [9.17, 15) is 17.9 Å². The lowest BCUT2D eigenvalue weighted by Gasteiger charge is -2.13. The molecule has 1 N–H and O–H groups in total. The molecule has 26 heavy (non-hydrogen) atoms. The number of hydrogen-bond donors (Lipinski definition) is 1. The second kappa shape index (κ2) is 7.89. The van der Waals surface area contributed by atoms with E-state index < -0.39 is 15.9 Å². The summed E-state index contributed by atoms with van der Waals surface area (Å²) in [6.07, 6.45) is 1.47. The number of aliphatic hydroxyl groups is 1. The fourth-order valence-electron chi connectivity index (χ4n) is 2.94. The first-order valence-electron chi connectivity index (χ1n) is 8.20. The van der Waals surface area contributed by atoms with Crippen molar-refractivity contribution in [1.29, 1.82) is 0 Å². The van der Waals surface area contributed by atoms with Gasteiger partial charge < -0.3 is 9.67 Å². The molecule has 0 radical (unpaired) electrons. The fraction of sp³-hybridized carbons (Fsp3) is 0.412. The first-order valence-corrected chi connectivity index (χ1v) is 11.0. The number of nitrogens with zero attached hydrogens (tertiary/aromatic N) is 3. The molecule has 1 aliphatic heterocycles. The van der Waals surface area contributed by atoms with Crippen LogP contribution in [0.5, 0.6) is 0 Å². The lowest BCUT2D eigenvalue weighted by molar-refractivity contribution is 0.204. The van der Waals surface area contributed by atoms with E-state index in [2.05, 4.69) is 16.8 Å². The molecule has 0 bridgehead atoms. The molecule has 0 amide bonds. The molecule has 0 aliphatic carbocycles. The van der Waals surface area contributed by atoms with Crippen molar-refractivity contribution in [2.45, 2.75) is 30.1 Å². The van der Waals surface area contributed by atoms with Gasteiger partial charge in [0.2, 0.25) is 0 Å². The van der Waals surface area contributed by atoms with Gasteiger partial charge >= 0.3 is 0 Å². The van der Waals surface area contributed by atoms with Crippen LogP contribution in [0.4, 0.5) is 4.39 Å². The summed E-state index contributed by atoms with van der Waals surface area (Å²) in [5.74, 6) is 0.711. The van der Waals surface area contributed by atoms with Crippen molar-refractivity contribution < 1.29 is 17.9 Å². The van der Waals surface area contributed by atoms with Crippen molar-refractivity contribution in [3.05, 3.63) is 54.1 Å². The molecule has 2 heterocycles. The molecule has 9 heteroatoms. The lowest BCUT2D eigenvalue weighted by Crippen LogP contribution is -2.11. The van der Waals surface area contributed by atoms with E-state index in [-0.39, 0.29) is 23.2 Å². The van der Waals surface area contributed by atoms with Crippen molar-refractivity contribution in [2.75, 3.05) is 17.3 Å². The molecule has 0 saturated carbocycles. The molecule has 1 aromatic carbocycles. The summed E-state index contributed by atoms with van der Waals surface area (Å²) in [6, 6.07) is 5.71. The largest absolute Gasteiger partial charge is 0.388 e. The van der Waals surface area contributed by atoms with Gasteiger partial charge in [0.1, 0.15) is 11.6 Å². The first-order chi connectivity index (χ1) is 12.4. The SMILES string of the molecule is C=CCn1c(SC[C@@H](O)c2ccc(F)cc2)nnc1[C@@H]1CCS(=O)(=O)C1. The standard InChI is InChI=1S/C17H20FN3O3S2/c1-2-8-21-16(13-7-9-26(23,24)11-13)19-20-17(21)25-10-15(22)12-3-5-14(18)6-4-12/h2-6,13,15,22H,1,7-11H2/t13-,15-/m1/s1. The topological polar surface area (TPSA) is 85.1 Å². The van der Waals surface area contributed by atoms with Gasteiger partial charge in [0.05, 0.1) is 17.6 Å². The van der Waals surface area contributed by atoms with Crippen molar-refractivity contribution >= 4 is 21.6 Å². The normalized spacial score (nSPS) is 20.2. The van der Waals surface area contributed by atoms with Crippen molar-refractivity contribution in [2.24, 2.45) is 0 Å². The summed E-state index contributed by atoms with van der Waals surface area (Å²) in [5, 5.41) is 19.2. The quantitative estimate of drug-likeness (QED) is 0.570. The second-order valence-corrected chi connectivity index (χ2v) is 9.43. The number of sulfone groups is 1. The lowest BCUT2D eigenvalue weighted by atomic mass is 10.1. The third kappa shape index (κ3) is 4.33. The van der Waals surface area contributed by atoms with Crippen molar-refractivity contribution in [3.8, 4) is 0 Å². The van der Waals surface area contributed by atoms with Crippen LogP contribution in [0.3, 0.4) is 0 Å². The Morgan fingerprint density at radius 1 is 1.38 bits per heavy atom. The second-order valence-electron chi connectivity index (χ2n) is 6.22. The van der Waals surface area contributed by atoms with Crippen LogP contribution in [0.25, 0.3) is 0 Å². The Morgan fingerprint density at radius 2 is 2.12 bits per heavy atom. The molecule has 0 unspecified atom stereocenters. The highest BCUT2D eigenvalue weighted by Gasteiger charge is 2.33. The van der Waals surface area contributed by atoms with Crippen LogP contribution in [0, 0.1) is 5.82 Å². The van der Waals surface area contributed by atoms with E-state index in [1.165, 1.54) is 23.9 Å². The molecule has 6 nitrogen and oxygen atoms in total. The van der Waals surface area contributed by atoms with Crippen molar-refractivity contribution in [3.63, 3.8) is 0 Å². The third-order valence-corrected chi connectivity index (χ3v) is 7.09. The van der Waals surface area contributed by atoms with Gasteiger partial charge in [0.25, 0.3) is 0 Å². The number of halogens is 1. The maximum atomic E-state index is 13.0. The number of aromatic nitrogens is 3. The summed E-state index contributed by atoms with van der Waals surface area (Å²) in [6.45, 7) is 4.20. The third-order valence-electron chi connectivity index (χ3n) is 4.28. The predicted molar refractivity (Wildman–Crippen MR) is 98.3 cm³/mol. The summed E-state index contributed by atoms with van der Waals surface area (Å²) >= 11 is 1.32. The minimum atomic E-state index is -3.02. The van der Waals surface area contributed by atoms with E-state index in [1.54, 1.807) is 18.2 Å². The molecular weight excluding hydrogens is 377 g/mol. The zero-order valence-corrected chi connectivity index (χ0v) is 15.7. The van der Waals surface area contributed by atoms with E-state index in [0.29, 0.717) is 35.3 Å². The van der Waals surface area contributed by atoms with E-state index >= 15 is 0 Å². The number of rotatable bonds is 7. The van der Waals surface area contributed by atoms with Gasteiger partial charge in [-0.3, -0.25) is 0 Å². The van der Waals surface area contributed by atoms with Gasteiger partial charge in [-0.05, 0) is 24.1 Å². The highest BCUT2D eigenvalue weighted by atomic mass is 32.2. The predicted octanol–water partition coefficient (Wildman–Crippen LogP) is 2.33. The van der Waals surface area contributed by atoms with E-state index in [4.69, 9.17) is 0 Å². The Labute approximate surface area is 156 Å². The smallest absolute Gasteiger partial charge is 0.191 e. The Balaban J connectivity index is 1.73. The number of aliphatic hydroxyl groups excluding tert-OH is 1. The minimum absolute atomic E-state index is 0.0884. The molecule has 140 valence electrons. The molecule has 3 rings (SSSR count). The van der Waals surface area contributed by atoms with E-state index in [1.807, 2.05) is 4.57 Å². The molecule has 2 aromatic rings. The highest BCUT2D eigenvalue weighted by Crippen LogP contribution is 2.31. The minimum Gasteiger partial charge on any atom is -0.388 e. The maximum absolute atomic E-state index is 13.0. The van der Waals surface area contributed by atoms with Crippen LogP contribution in [-0.2, 0) is 16.4 Å². The molecule has 1 fully saturated rings. The number of hydrogen-bond acceptors (Lipinski definition) is 6. The molecular formula is C17H20FN3O3S2. The molecule has 0 spiro atoms. The van der Waals surface area contributed by atoms with Crippen LogP contribution in [-0.4, -0.2) is 45.5 Å². The Kier molecular flexibility index (Phi) is 5.79. The number of thioether (sulfide) groups is 1. The van der Waals surface area contributed by atoms with Gasteiger partial charge in [-0.15, -0.1) is 16.8 Å². The van der Waals surface area contributed by atoms with Crippen LogP contribution in [0.1, 0.15) is 29.8 Å². The fourth-order valence-corrected chi connectivity index (χ4v) is 5.60. The summed E-state index contributed by atoms with van der Waals surface area (Å²) < 4.78 is 38.3. The van der Waals surface area contributed by atoms with Gasteiger partial charge in [-0.1, -0.05) is 30.0 Å². The summed E-state index contributed by atoms with van der Waals surface area (Å²) in [5.41, 5.74) is 0.621. The number of benzene rings is 1. The number of allylic oxidation sites excluding steroid dienone is 1. The Hall–Kier alpha value is -1.71. The average molecular weight is 397 g/mol. The Bertz CT molecular complexity index is 881. The molecule has 2 atom stereocenters. The zero-order chi connectivity index (χ0) is 18.7.